The fraction of sp³-hybridized carbons (Fsp3) is 0.500. The molecule has 1 aliphatic rings. The number of amides is 3. The fourth-order valence-electron chi connectivity index (χ4n) is 3.91. The zero-order valence-electron chi connectivity index (χ0n) is 21.5. The monoisotopic (exact) mass is 595 g/mol. The van der Waals surface area contributed by atoms with Crippen LogP contribution in [0.4, 0.5) is 21.0 Å². The van der Waals surface area contributed by atoms with Crippen molar-refractivity contribution < 1.29 is 29.0 Å². The van der Waals surface area contributed by atoms with Gasteiger partial charge in [-0.25, -0.2) is 14.6 Å². The summed E-state index contributed by atoms with van der Waals surface area (Å²) in [6.45, 7) is 7.59. The van der Waals surface area contributed by atoms with Gasteiger partial charge in [-0.1, -0.05) is 26.1 Å². The van der Waals surface area contributed by atoms with E-state index in [1.165, 1.54) is 7.11 Å². The third-order valence-corrected chi connectivity index (χ3v) is 8.40. The average Bonchev–Trinajstić information content (AvgIpc) is 3.13. The number of methoxy groups -OCH3 is 1. The molecule has 0 saturated carbocycles. The predicted molar refractivity (Wildman–Crippen MR) is 146 cm³/mol. The van der Waals surface area contributed by atoms with Crippen LogP contribution in [0, 0.1) is 0 Å². The van der Waals surface area contributed by atoms with Gasteiger partial charge in [-0.05, 0) is 53.0 Å². The third-order valence-electron chi connectivity index (χ3n) is 5.89. The molecule has 1 aromatic heterocycles. The van der Waals surface area contributed by atoms with Gasteiger partial charge in [0.2, 0.25) is 5.91 Å². The van der Waals surface area contributed by atoms with E-state index in [0.717, 1.165) is 6.04 Å². The molecule has 37 heavy (non-hydrogen) atoms. The third kappa shape index (κ3) is 8.04. The molecule has 0 spiro atoms. The SMILES string of the molecule is COC(=O)Nc1ccc2c(c1)NC(=O)CCCC[C@H](NC(=O)O)c1nc-2c(Br)n1COCC[Si](C)(C)C. The highest BCUT2D eigenvalue weighted by Crippen LogP contribution is 2.38. The standard InChI is InChI=1S/C24H34BrN5O6Si/c1-35-24(34)26-15-9-10-16-18(13-15)27-19(31)8-6-5-7-17(28-23(32)33)22-29-20(16)21(25)30(22)14-36-11-12-37(2,3)4/h9-10,13,17,28H,5-8,11-12,14H2,1-4H3,(H,26,34)(H,27,31)(H,32,33)/t17-/m0/s1. The summed E-state index contributed by atoms with van der Waals surface area (Å²) in [6, 6.07) is 5.45. The quantitative estimate of drug-likeness (QED) is 0.240. The van der Waals surface area contributed by atoms with Crippen LogP contribution in [0.2, 0.25) is 25.7 Å². The summed E-state index contributed by atoms with van der Waals surface area (Å²) in [7, 11) is -0.0267. The van der Waals surface area contributed by atoms with Crippen molar-refractivity contribution in [2.24, 2.45) is 0 Å². The minimum atomic E-state index is -1.29. The van der Waals surface area contributed by atoms with E-state index in [-0.39, 0.29) is 19.1 Å². The molecular formula is C24H34BrN5O6Si. The van der Waals surface area contributed by atoms with E-state index in [2.05, 4.69) is 56.3 Å². The number of anilines is 2. The topological polar surface area (TPSA) is 144 Å². The van der Waals surface area contributed by atoms with E-state index in [1.807, 2.05) is 4.57 Å². The van der Waals surface area contributed by atoms with Crippen LogP contribution in [-0.4, -0.2) is 54.5 Å². The Labute approximate surface area is 225 Å². The number of hydrogen-bond acceptors (Lipinski definition) is 6. The molecule has 0 unspecified atom stereocenters. The van der Waals surface area contributed by atoms with Crippen molar-refractivity contribution in [3.05, 3.63) is 28.6 Å². The Morgan fingerprint density at radius 3 is 2.73 bits per heavy atom. The first kappa shape index (κ1) is 28.7. The summed E-state index contributed by atoms with van der Waals surface area (Å²) >= 11 is 3.65. The van der Waals surface area contributed by atoms with Gasteiger partial charge in [0.15, 0.2) is 0 Å². The largest absolute Gasteiger partial charge is 0.465 e. The number of nitrogens with one attached hydrogen (secondary N) is 3. The highest BCUT2D eigenvalue weighted by molar-refractivity contribution is 9.10. The predicted octanol–water partition coefficient (Wildman–Crippen LogP) is 5.62. The van der Waals surface area contributed by atoms with Crippen molar-refractivity contribution in [3.63, 3.8) is 0 Å². The Morgan fingerprint density at radius 2 is 2.05 bits per heavy atom. The lowest BCUT2D eigenvalue weighted by atomic mass is 10.1. The Hall–Kier alpha value is -2.90. The summed E-state index contributed by atoms with van der Waals surface area (Å²) in [5.74, 6) is 0.331. The summed E-state index contributed by atoms with van der Waals surface area (Å²) in [5.41, 5.74) is 2.02. The van der Waals surface area contributed by atoms with Crippen LogP contribution in [-0.2, 0) is 21.0 Å². The number of imidazole rings is 1. The molecule has 4 N–H and O–H groups in total. The minimum Gasteiger partial charge on any atom is -0.465 e. The van der Waals surface area contributed by atoms with Crippen molar-refractivity contribution in [2.75, 3.05) is 24.4 Å². The number of carbonyl (C=O) groups excluding carboxylic acids is 2. The lowest BCUT2D eigenvalue weighted by Crippen LogP contribution is -2.30. The van der Waals surface area contributed by atoms with Gasteiger partial charge >= 0.3 is 12.2 Å². The molecule has 2 aromatic rings. The summed E-state index contributed by atoms with van der Waals surface area (Å²) in [5, 5.41) is 17.6. The Kier molecular flexibility index (Phi) is 9.73. The summed E-state index contributed by atoms with van der Waals surface area (Å²) in [4.78, 5) is 40.9. The Bertz CT molecular complexity index is 1150. The average molecular weight is 597 g/mol. The number of benzene rings is 1. The molecule has 2 heterocycles. The van der Waals surface area contributed by atoms with Crippen LogP contribution >= 0.6 is 15.9 Å². The number of aromatic nitrogens is 2. The zero-order valence-corrected chi connectivity index (χ0v) is 24.1. The molecule has 1 aromatic carbocycles. The molecule has 3 amide bonds. The van der Waals surface area contributed by atoms with Crippen LogP contribution < -0.4 is 16.0 Å². The van der Waals surface area contributed by atoms with Crippen molar-refractivity contribution >= 4 is 53.5 Å². The minimum absolute atomic E-state index is 0.189. The lowest BCUT2D eigenvalue weighted by molar-refractivity contribution is -0.116. The molecule has 0 aliphatic carbocycles. The molecule has 2 bridgehead atoms. The smallest absolute Gasteiger partial charge is 0.411 e. The number of nitrogens with zero attached hydrogens (tertiary/aromatic N) is 2. The van der Waals surface area contributed by atoms with Gasteiger partial charge in [0.25, 0.3) is 0 Å². The van der Waals surface area contributed by atoms with Crippen LogP contribution in [0.5, 0.6) is 0 Å². The highest BCUT2D eigenvalue weighted by Gasteiger charge is 2.27. The molecule has 1 atom stereocenters. The van der Waals surface area contributed by atoms with E-state index in [1.54, 1.807) is 18.2 Å². The molecule has 0 saturated heterocycles. The van der Waals surface area contributed by atoms with Crippen molar-refractivity contribution in [1.29, 1.82) is 0 Å². The van der Waals surface area contributed by atoms with Crippen molar-refractivity contribution in [1.82, 2.24) is 14.9 Å². The summed E-state index contributed by atoms with van der Waals surface area (Å²) < 4.78 is 13.1. The molecule has 11 nitrogen and oxygen atoms in total. The maximum absolute atomic E-state index is 12.7. The van der Waals surface area contributed by atoms with Crippen LogP contribution in [0.25, 0.3) is 11.3 Å². The van der Waals surface area contributed by atoms with E-state index in [0.29, 0.717) is 58.9 Å². The molecular weight excluding hydrogens is 562 g/mol. The number of ether oxygens (including phenoxy) is 2. The van der Waals surface area contributed by atoms with Crippen molar-refractivity contribution in [3.8, 4) is 11.3 Å². The maximum atomic E-state index is 12.7. The van der Waals surface area contributed by atoms with Gasteiger partial charge in [0.05, 0.1) is 18.8 Å². The zero-order chi connectivity index (χ0) is 27.2. The molecule has 3 rings (SSSR count). The second-order valence-electron chi connectivity index (χ2n) is 10.1. The van der Waals surface area contributed by atoms with E-state index in [9.17, 15) is 19.5 Å². The molecule has 202 valence electrons. The first-order chi connectivity index (χ1) is 17.5. The number of carboxylic acid groups (broad SMARTS) is 1. The second kappa shape index (κ2) is 12.6. The van der Waals surface area contributed by atoms with Gasteiger partial charge in [0.1, 0.15) is 22.9 Å². The van der Waals surface area contributed by atoms with Gasteiger partial charge in [-0.2, -0.15) is 0 Å². The first-order valence-corrected chi connectivity index (χ1v) is 16.6. The fourth-order valence-corrected chi connectivity index (χ4v) is 5.25. The van der Waals surface area contributed by atoms with Gasteiger partial charge in [-0.3, -0.25) is 14.7 Å². The number of rotatable bonds is 7. The Balaban J connectivity index is 2.08. The highest BCUT2D eigenvalue weighted by atomic mass is 79.9. The van der Waals surface area contributed by atoms with Gasteiger partial charge in [-0.15, -0.1) is 0 Å². The number of halogens is 1. The number of carbonyl (C=O) groups is 3. The lowest BCUT2D eigenvalue weighted by Gasteiger charge is -2.20. The maximum Gasteiger partial charge on any atom is 0.411 e. The molecule has 0 fully saturated rings. The molecule has 1 aliphatic heterocycles. The number of hydrogen-bond donors (Lipinski definition) is 4. The van der Waals surface area contributed by atoms with Crippen LogP contribution in [0.3, 0.4) is 0 Å². The van der Waals surface area contributed by atoms with Crippen LogP contribution in [0.15, 0.2) is 22.8 Å². The van der Waals surface area contributed by atoms with Gasteiger partial charge in [0, 0.05) is 32.4 Å². The second-order valence-corrected chi connectivity index (χ2v) is 16.4. The first-order valence-electron chi connectivity index (χ1n) is 12.1. The van der Waals surface area contributed by atoms with Crippen molar-refractivity contribution in [2.45, 2.75) is 64.1 Å². The number of fused-ring (bicyclic) bond motifs is 4. The normalized spacial score (nSPS) is 16.0. The Morgan fingerprint density at radius 1 is 1.30 bits per heavy atom. The molecule has 0 radical (unpaired) electrons. The van der Waals surface area contributed by atoms with E-state index < -0.39 is 26.3 Å². The summed E-state index contributed by atoms with van der Waals surface area (Å²) in [6.07, 6.45) is 0.147. The van der Waals surface area contributed by atoms with E-state index in [4.69, 9.17) is 9.72 Å². The van der Waals surface area contributed by atoms with E-state index >= 15 is 0 Å². The molecule has 13 heteroatoms. The van der Waals surface area contributed by atoms with Gasteiger partial charge < -0.3 is 25.2 Å². The van der Waals surface area contributed by atoms with Crippen LogP contribution in [0.1, 0.15) is 37.5 Å².